The number of nitrogens with two attached hydrogens (primary N) is 1. The monoisotopic (exact) mass is 521 g/mol. The molecule has 3 aromatic rings. The van der Waals surface area contributed by atoms with Gasteiger partial charge in [0.1, 0.15) is 5.75 Å². The normalized spacial score (nSPS) is 18.1. The molecule has 0 radical (unpaired) electrons. The van der Waals surface area contributed by atoms with E-state index in [1.54, 1.807) is 6.07 Å². The fraction of sp³-hybridized carbons (Fsp3) is 0.160. The van der Waals surface area contributed by atoms with Gasteiger partial charge in [0.2, 0.25) is 0 Å². The van der Waals surface area contributed by atoms with E-state index in [1.165, 1.54) is 54.6 Å². The fourth-order valence-corrected chi connectivity index (χ4v) is 4.15. The number of likely N-dealkylation sites (N-methyl/N-ethyl adjacent to an activating group) is 1. The van der Waals surface area contributed by atoms with Gasteiger partial charge in [0.15, 0.2) is 11.5 Å². The van der Waals surface area contributed by atoms with Gasteiger partial charge < -0.3 is 10.5 Å². The standard InChI is InChI=1S/C25H17F6N3O3/c1-34-20(35)23(33-22(34)32,15-10-6-3-7-11-15)19-17(37-21(36)25(29,30)31)13-12-16(18(19)24(26,27)28)14-8-4-2-5-9-14/h2-13H,1H3,(H2,32,33). The molecule has 0 fully saturated rings. The van der Waals surface area contributed by atoms with Crippen molar-refractivity contribution in [3.8, 4) is 16.9 Å². The molecule has 37 heavy (non-hydrogen) atoms. The van der Waals surface area contributed by atoms with Crippen molar-refractivity contribution in [3.05, 3.63) is 89.5 Å². The molecule has 1 aliphatic rings. The second kappa shape index (κ2) is 8.95. The van der Waals surface area contributed by atoms with E-state index in [9.17, 15) is 35.9 Å². The summed E-state index contributed by atoms with van der Waals surface area (Å²) in [6.07, 6.45) is -10.8. The smallest absolute Gasteiger partial charge is 0.419 e. The SMILES string of the molecule is CN1C(=O)C(c2ccccc2)(c2c(OC(=O)C(F)(F)F)ccc(-c3ccccc3)c2C(F)(F)F)N=C1N. The van der Waals surface area contributed by atoms with Crippen molar-refractivity contribution in [2.45, 2.75) is 17.9 Å². The lowest BCUT2D eigenvalue weighted by atomic mass is 9.77. The third-order valence-electron chi connectivity index (χ3n) is 5.76. The Morgan fingerprint density at radius 1 is 0.919 bits per heavy atom. The Balaban J connectivity index is 2.19. The molecule has 0 saturated carbocycles. The third-order valence-corrected chi connectivity index (χ3v) is 5.76. The molecule has 1 atom stereocenters. The number of carbonyl (C=O) groups excluding carboxylic acids is 2. The van der Waals surface area contributed by atoms with Crippen LogP contribution in [0.4, 0.5) is 26.3 Å². The van der Waals surface area contributed by atoms with Crippen LogP contribution >= 0.6 is 0 Å². The van der Waals surface area contributed by atoms with Gasteiger partial charge in [-0.05, 0) is 22.8 Å². The van der Waals surface area contributed by atoms with Gasteiger partial charge >= 0.3 is 18.3 Å². The molecule has 1 heterocycles. The van der Waals surface area contributed by atoms with Gasteiger partial charge in [0.05, 0.1) is 5.56 Å². The summed E-state index contributed by atoms with van der Waals surface area (Å²) in [5.74, 6) is -5.48. The Labute approximate surface area is 206 Å². The van der Waals surface area contributed by atoms with Crippen molar-refractivity contribution in [3.63, 3.8) is 0 Å². The van der Waals surface area contributed by atoms with Crippen LogP contribution in [0.3, 0.4) is 0 Å². The van der Waals surface area contributed by atoms with Gasteiger partial charge in [-0.1, -0.05) is 66.7 Å². The van der Waals surface area contributed by atoms with Gasteiger partial charge in [0, 0.05) is 12.6 Å². The molecule has 3 aromatic carbocycles. The first-order valence-electron chi connectivity index (χ1n) is 10.6. The topological polar surface area (TPSA) is 85.0 Å². The van der Waals surface area contributed by atoms with E-state index in [2.05, 4.69) is 9.73 Å². The highest BCUT2D eigenvalue weighted by Gasteiger charge is 2.56. The van der Waals surface area contributed by atoms with Crippen molar-refractivity contribution in [2.24, 2.45) is 10.7 Å². The molecule has 1 amide bonds. The molecule has 0 saturated heterocycles. The number of guanidine groups is 1. The molecule has 0 aromatic heterocycles. The summed E-state index contributed by atoms with van der Waals surface area (Å²) >= 11 is 0. The molecule has 1 aliphatic heterocycles. The summed E-state index contributed by atoms with van der Waals surface area (Å²) < 4.78 is 88.4. The van der Waals surface area contributed by atoms with Crippen LogP contribution in [0.15, 0.2) is 77.8 Å². The number of alkyl halides is 6. The molecule has 0 bridgehead atoms. The zero-order valence-electron chi connectivity index (χ0n) is 18.9. The van der Waals surface area contributed by atoms with Crippen molar-refractivity contribution in [1.29, 1.82) is 0 Å². The van der Waals surface area contributed by atoms with Crippen LogP contribution in [-0.4, -0.2) is 36.0 Å². The maximum absolute atomic E-state index is 14.8. The lowest BCUT2D eigenvalue weighted by molar-refractivity contribution is -0.189. The number of aliphatic imine (C=N–C) groups is 1. The minimum atomic E-state index is -5.54. The van der Waals surface area contributed by atoms with Crippen molar-refractivity contribution in [1.82, 2.24) is 4.90 Å². The van der Waals surface area contributed by atoms with Crippen LogP contribution in [0.2, 0.25) is 0 Å². The van der Waals surface area contributed by atoms with E-state index in [-0.39, 0.29) is 11.1 Å². The summed E-state index contributed by atoms with van der Waals surface area (Å²) in [6, 6.07) is 15.7. The van der Waals surface area contributed by atoms with Crippen LogP contribution in [0.5, 0.6) is 5.75 Å². The molecule has 0 spiro atoms. The van der Waals surface area contributed by atoms with Crippen LogP contribution < -0.4 is 10.5 Å². The third kappa shape index (κ3) is 4.39. The van der Waals surface area contributed by atoms with Crippen molar-refractivity contribution < 1.29 is 40.7 Å². The summed E-state index contributed by atoms with van der Waals surface area (Å²) in [5.41, 5.74) is 0.0624. The predicted molar refractivity (Wildman–Crippen MR) is 120 cm³/mol. The number of nitrogens with zero attached hydrogens (tertiary/aromatic N) is 2. The van der Waals surface area contributed by atoms with Crippen LogP contribution in [0.25, 0.3) is 11.1 Å². The van der Waals surface area contributed by atoms with Gasteiger partial charge in [-0.2, -0.15) is 26.3 Å². The molecule has 1 unspecified atom stereocenters. The molecule has 6 nitrogen and oxygen atoms in total. The average Bonchev–Trinajstić information content (AvgIpc) is 3.08. The van der Waals surface area contributed by atoms with E-state index in [4.69, 9.17) is 5.73 Å². The Bertz CT molecular complexity index is 1390. The minimum Gasteiger partial charge on any atom is -0.419 e. The van der Waals surface area contributed by atoms with Crippen LogP contribution in [-0.2, 0) is 21.3 Å². The molecule has 12 heteroatoms. The first-order chi connectivity index (χ1) is 17.3. The summed E-state index contributed by atoms with van der Waals surface area (Å²) in [4.78, 5) is 30.2. The number of benzene rings is 3. The zero-order valence-corrected chi connectivity index (χ0v) is 18.9. The van der Waals surface area contributed by atoms with Gasteiger partial charge in [-0.3, -0.25) is 9.69 Å². The largest absolute Gasteiger partial charge is 0.491 e. The number of hydrogen-bond acceptors (Lipinski definition) is 5. The Morgan fingerprint density at radius 2 is 1.49 bits per heavy atom. The number of carbonyl (C=O) groups is 2. The summed E-state index contributed by atoms with van der Waals surface area (Å²) in [6.45, 7) is 0. The molecular formula is C25H17F6N3O3. The second-order valence-electron chi connectivity index (χ2n) is 8.02. The summed E-state index contributed by atoms with van der Waals surface area (Å²) in [7, 11) is 1.15. The number of ether oxygens (including phenoxy) is 1. The Kier molecular flexibility index (Phi) is 6.22. The average molecular weight is 521 g/mol. The fourth-order valence-electron chi connectivity index (χ4n) is 4.15. The van der Waals surface area contributed by atoms with Crippen LogP contribution in [0.1, 0.15) is 16.7 Å². The first kappa shape index (κ1) is 25.7. The lowest BCUT2D eigenvalue weighted by Crippen LogP contribution is -2.42. The number of halogens is 6. The number of amides is 1. The van der Waals surface area contributed by atoms with E-state index in [1.807, 2.05) is 0 Å². The first-order valence-corrected chi connectivity index (χ1v) is 10.6. The predicted octanol–water partition coefficient (Wildman–Crippen LogP) is 4.87. The van der Waals surface area contributed by atoms with Crippen molar-refractivity contribution in [2.75, 3.05) is 7.05 Å². The molecule has 4 rings (SSSR count). The minimum absolute atomic E-state index is 0.0451. The molecular weight excluding hydrogens is 504 g/mol. The highest BCUT2D eigenvalue weighted by molar-refractivity contribution is 6.09. The molecule has 192 valence electrons. The van der Waals surface area contributed by atoms with E-state index in [0.717, 1.165) is 24.1 Å². The quantitative estimate of drug-likeness (QED) is 0.302. The summed E-state index contributed by atoms with van der Waals surface area (Å²) in [5, 5.41) is 0. The van der Waals surface area contributed by atoms with E-state index in [0.29, 0.717) is 0 Å². The zero-order chi connectivity index (χ0) is 27.2. The number of hydrogen-bond donors (Lipinski definition) is 1. The lowest BCUT2D eigenvalue weighted by Gasteiger charge is -2.31. The van der Waals surface area contributed by atoms with E-state index >= 15 is 0 Å². The second-order valence-corrected chi connectivity index (χ2v) is 8.02. The Morgan fingerprint density at radius 3 is 1.97 bits per heavy atom. The van der Waals surface area contributed by atoms with Crippen molar-refractivity contribution >= 4 is 17.8 Å². The Hall–Kier alpha value is -4.35. The van der Waals surface area contributed by atoms with Gasteiger partial charge in [-0.25, -0.2) is 9.79 Å². The highest BCUT2D eigenvalue weighted by atomic mass is 19.4. The highest BCUT2D eigenvalue weighted by Crippen LogP contribution is 2.52. The van der Waals surface area contributed by atoms with E-state index < -0.39 is 58.2 Å². The van der Waals surface area contributed by atoms with Gasteiger partial charge in [0.25, 0.3) is 5.91 Å². The number of rotatable bonds is 4. The number of esters is 1. The molecule has 2 N–H and O–H groups in total. The van der Waals surface area contributed by atoms with Gasteiger partial charge in [-0.15, -0.1) is 0 Å². The molecule has 0 aliphatic carbocycles. The maximum atomic E-state index is 14.8. The van der Waals surface area contributed by atoms with Crippen LogP contribution in [0, 0.1) is 0 Å². The maximum Gasteiger partial charge on any atom is 0.491 e.